The molecule has 0 spiro atoms. The largest absolute Gasteiger partial charge is 0.466 e. The minimum Gasteiger partial charge on any atom is -0.466 e. The van der Waals surface area contributed by atoms with Crippen LogP contribution in [-0.2, 0) is 9.53 Å². The molecular formula is C13H22O3. The average Bonchev–Trinajstić information content (AvgIpc) is 2.28. The number of fused-ring (bicyclic) bond motifs is 1. The van der Waals surface area contributed by atoms with Crippen molar-refractivity contribution in [3.8, 4) is 0 Å². The number of rotatable bonds is 2. The van der Waals surface area contributed by atoms with Crippen LogP contribution in [0.3, 0.4) is 0 Å². The maximum atomic E-state index is 11.8. The highest BCUT2D eigenvalue weighted by Crippen LogP contribution is 2.44. The minimum atomic E-state index is -0.137. The molecule has 4 unspecified atom stereocenters. The van der Waals surface area contributed by atoms with Crippen LogP contribution in [0, 0.1) is 17.8 Å². The van der Waals surface area contributed by atoms with Crippen molar-refractivity contribution < 1.29 is 14.6 Å². The summed E-state index contributed by atoms with van der Waals surface area (Å²) in [6.45, 7) is 2.35. The van der Waals surface area contributed by atoms with E-state index in [0.29, 0.717) is 18.4 Å². The number of hydrogen-bond acceptors (Lipinski definition) is 3. The van der Waals surface area contributed by atoms with Crippen LogP contribution in [0.1, 0.15) is 45.4 Å². The molecule has 0 radical (unpaired) electrons. The molecule has 92 valence electrons. The van der Waals surface area contributed by atoms with Crippen molar-refractivity contribution in [1.82, 2.24) is 0 Å². The molecule has 4 atom stereocenters. The predicted molar refractivity (Wildman–Crippen MR) is 60.8 cm³/mol. The van der Waals surface area contributed by atoms with Gasteiger partial charge in [-0.1, -0.05) is 12.8 Å². The zero-order valence-corrected chi connectivity index (χ0v) is 10.0. The van der Waals surface area contributed by atoms with Crippen molar-refractivity contribution >= 4 is 5.97 Å². The summed E-state index contributed by atoms with van der Waals surface area (Å²) in [5, 5.41) is 9.66. The molecule has 0 aromatic rings. The number of aliphatic hydroxyl groups excluding tert-OH is 1. The first-order chi connectivity index (χ1) is 7.72. The number of carbonyl (C=O) groups excluding carboxylic acids is 1. The van der Waals surface area contributed by atoms with E-state index < -0.39 is 0 Å². The quantitative estimate of drug-likeness (QED) is 0.734. The van der Waals surface area contributed by atoms with Gasteiger partial charge in [-0.3, -0.25) is 4.79 Å². The molecule has 2 aliphatic rings. The smallest absolute Gasteiger partial charge is 0.309 e. The lowest BCUT2D eigenvalue weighted by Crippen LogP contribution is -2.39. The number of esters is 1. The second-order valence-electron chi connectivity index (χ2n) is 5.18. The molecule has 3 heteroatoms. The molecule has 0 aromatic heterocycles. The van der Waals surface area contributed by atoms with Gasteiger partial charge in [0.2, 0.25) is 0 Å². The van der Waals surface area contributed by atoms with Gasteiger partial charge in [-0.25, -0.2) is 0 Å². The summed E-state index contributed by atoms with van der Waals surface area (Å²) in [4.78, 5) is 11.8. The molecule has 2 fully saturated rings. The maximum absolute atomic E-state index is 11.8. The first-order valence-electron chi connectivity index (χ1n) is 6.57. The Balaban J connectivity index is 2.00. The fourth-order valence-corrected chi connectivity index (χ4v) is 3.48. The van der Waals surface area contributed by atoms with Crippen molar-refractivity contribution in [2.45, 2.75) is 51.6 Å². The standard InChI is InChI=1S/C13H22O3/c1-2-16-13(15)12-5-3-4-9-8-10(14)6-7-11(9)12/h9-12,14H,2-8H2,1H3. The molecule has 1 N–H and O–H groups in total. The van der Waals surface area contributed by atoms with Gasteiger partial charge in [0.1, 0.15) is 0 Å². The van der Waals surface area contributed by atoms with E-state index in [2.05, 4.69) is 0 Å². The fourth-order valence-electron chi connectivity index (χ4n) is 3.48. The Morgan fingerprint density at radius 2 is 2.12 bits per heavy atom. The summed E-state index contributed by atoms with van der Waals surface area (Å²) in [5.41, 5.74) is 0. The van der Waals surface area contributed by atoms with Crippen LogP contribution < -0.4 is 0 Å². The number of aliphatic hydroxyl groups is 1. The van der Waals surface area contributed by atoms with Crippen LogP contribution in [0.25, 0.3) is 0 Å². The molecule has 2 aliphatic carbocycles. The average molecular weight is 226 g/mol. The molecule has 16 heavy (non-hydrogen) atoms. The van der Waals surface area contributed by atoms with Gasteiger partial charge in [0, 0.05) is 0 Å². The third-order valence-corrected chi connectivity index (χ3v) is 4.21. The molecule has 2 rings (SSSR count). The summed E-state index contributed by atoms with van der Waals surface area (Å²) in [7, 11) is 0. The molecule has 0 amide bonds. The summed E-state index contributed by atoms with van der Waals surface area (Å²) in [6.07, 6.45) is 5.88. The Labute approximate surface area is 97.2 Å². The Bertz CT molecular complexity index is 252. The lowest BCUT2D eigenvalue weighted by Gasteiger charge is -2.41. The van der Waals surface area contributed by atoms with Crippen molar-refractivity contribution in [3.63, 3.8) is 0 Å². The number of hydrogen-bond donors (Lipinski definition) is 1. The molecule has 2 saturated carbocycles. The maximum Gasteiger partial charge on any atom is 0.309 e. The van der Waals surface area contributed by atoms with Crippen LogP contribution in [0.5, 0.6) is 0 Å². The zero-order valence-electron chi connectivity index (χ0n) is 10.0. The van der Waals surface area contributed by atoms with Crippen LogP contribution in [0.15, 0.2) is 0 Å². The van der Waals surface area contributed by atoms with Crippen LogP contribution in [0.4, 0.5) is 0 Å². The Morgan fingerprint density at radius 1 is 1.31 bits per heavy atom. The van der Waals surface area contributed by atoms with Gasteiger partial charge in [0.25, 0.3) is 0 Å². The Kier molecular flexibility index (Phi) is 3.85. The van der Waals surface area contributed by atoms with E-state index in [0.717, 1.165) is 32.1 Å². The zero-order chi connectivity index (χ0) is 11.5. The van der Waals surface area contributed by atoms with E-state index in [9.17, 15) is 9.90 Å². The first kappa shape index (κ1) is 11.9. The molecule has 0 aromatic carbocycles. The van der Waals surface area contributed by atoms with E-state index in [4.69, 9.17) is 4.74 Å². The third-order valence-electron chi connectivity index (χ3n) is 4.21. The van der Waals surface area contributed by atoms with Crippen molar-refractivity contribution in [3.05, 3.63) is 0 Å². The van der Waals surface area contributed by atoms with E-state index in [1.54, 1.807) is 0 Å². The summed E-state index contributed by atoms with van der Waals surface area (Å²) >= 11 is 0. The summed E-state index contributed by atoms with van der Waals surface area (Å²) in [6, 6.07) is 0. The van der Waals surface area contributed by atoms with Gasteiger partial charge >= 0.3 is 5.97 Å². The fraction of sp³-hybridized carbons (Fsp3) is 0.923. The summed E-state index contributed by atoms with van der Waals surface area (Å²) < 4.78 is 5.16. The molecule has 0 heterocycles. The summed E-state index contributed by atoms with van der Waals surface area (Å²) in [5.74, 6) is 1.11. The lowest BCUT2D eigenvalue weighted by atomic mass is 9.65. The first-order valence-corrected chi connectivity index (χ1v) is 6.57. The molecule has 0 aliphatic heterocycles. The molecular weight excluding hydrogens is 204 g/mol. The Morgan fingerprint density at radius 3 is 2.88 bits per heavy atom. The van der Waals surface area contributed by atoms with E-state index in [-0.39, 0.29) is 18.0 Å². The highest BCUT2D eigenvalue weighted by atomic mass is 16.5. The van der Waals surface area contributed by atoms with Gasteiger partial charge < -0.3 is 9.84 Å². The van der Waals surface area contributed by atoms with Crippen LogP contribution in [0.2, 0.25) is 0 Å². The van der Waals surface area contributed by atoms with Crippen molar-refractivity contribution in [2.24, 2.45) is 17.8 Å². The van der Waals surface area contributed by atoms with Crippen molar-refractivity contribution in [1.29, 1.82) is 0 Å². The highest BCUT2D eigenvalue weighted by molar-refractivity contribution is 5.73. The topological polar surface area (TPSA) is 46.5 Å². The number of carbonyl (C=O) groups is 1. The molecule has 0 saturated heterocycles. The normalized spacial score (nSPS) is 38.9. The number of ether oxygens (including phenoxy) is 1. The minimum absolute atomic E-state index is 0.00594. The SMILES string of the molecule is CCOC(=O)C1CCCC2CC(O)CCC21. The molecule has 3 nitrogen and oxygen atoms in total. The van der Waals surface area contributed by atoms with Gasteiger partial charge in [-0.15, -0.1) is 0 Å². The van der Waals surface area contributed by atoms with Gasteiger partial charge in [0.15, 0.2) is 0 Å². The second kappa shape index (κ2) is 5.17. The van der Waals surface area contributed by atoms with Crippen LogP contribution in [-0.4, -0.2) is 23.8 Å². The van der Waals surface area contributed by atoms with E-state index >= 15 is 0 Å². The van der Waals surface area contributed by atoms with Crippen LogP contribution >= 0.6 is 0 Å². The van der Waals surface area contributed by atoms with E-state index in [1.165, 1.54) is 6.42 Å². The molecule has 0 bridgehead atoms. The van der Waals surface area contributed by atoms with E-state index in [1.807, 2.05) is 6.92 Å². The van der Waals surface area contributed by atoms with Gasteiger partial charge in [0.05, 0.1) is 18.6 Å². The highest BCUT2D eigenvalue weighted by Gasteiger charge is 2.41. The van der Waals surface area contributed by atoms with Crippen molar-refractivity contribution in [2.75, 3.05) is 6.61 Å². The second-order valence-corrected chi connectivity index (χ2v) is 5.18. The monoisotopic (exact) mass is 226 g/mol. The van der Waals surface area contributed by atoms with Gasteiger partial charge in [-0.05, 0) is 44.4 Å². The Hall–Kier alpha value is -0.570. The third kappa shape index (κ3) is 2.40. The van der Waals surface area contributed by atoms with Gasteiger partial charge in [-0.2, -0.15) is 0 Å². The lowest BCUT2D eigenvalue weighted by molar-refractivity contribution is -0.154. The predicted octanol–water partition coefficient (Wildman–Crippen LogP) is 2.13.